The van der Waals surface area contributed by atoms with Crippen LogP contribution in [-0.4, -0.2) is 26.7 Å². The molecule has 0 radical (unpaired) electrons. The molecule has 3 N–H and O–H groups in total. The molecule has 0 aliphatic heterocycles. The summed E-state index contributed by atoms with van der Waals surface area (Å²) in [6, 6.07) is 1.47. The van der Waals surface area contributed by atoms with E-state index >= 15 is 0 Å². The molecule has 0 amide bonds. The molecule has 1 unspecified atom stereocenters. The van der Waals surface area contributed by atoms with E-state index in [0.717, 1.165) is 4.88 Å². The lowest BCUT2D eigenvalue weighted by molar-refractivity contribution is 0.402. The highest BCUT2D eigenvalue weighted by atomic mass is 32.1. The van der Waals surface area contributed by atoms with E-state index in [4.69, 9.17) is 10.5 Å². The Hall–Kier alpha value is -1.47. The largest absolute Gasteiger partial charge is 0.480 e. The Labute approximate surface area is 84.3 Å². The maximum Gasteiger partial charge on any atom is 0.225 e. The first-order valence-corrected chi connectivity index (χ1v) is 4.70. The Morgan fingerprint density at radius 1 is 1.64 bits per heavy atom. The molecular weight excluding hydrogens is 202 g/mol. The number of aromatic amines is 1. The van der Waals surface area contributed by atoms with Gasteiger partial charge in [0.25, 0.3) is 0 Å². The molecule has 6 nitrogen and oxygen atoms in total. The third-order valence-corrected chi connectivity index (χ3v) is 2.60. The second kappa shape index (κ2) is 3.72. The van der Waals surface area contributed by atoms with E-state index in [1.807, 2.05) is 0 Å². The smallest absolute Gasteiger partial charge is 0.225 e. The maximum atomic E-state index is 5.91. The molecular formula is C7H9N5OS. The summed E-state index contributed by atoms with van der Waals surface area (Å²) in [7, 11) is 1.57. The van der Waals surface area contributed by atoms with E-state index in [1.165, 1.54) is 17.9 Å². The number of hydrogen-bond donors (Lipinski definition) is 2. The zero-order valence-electron chi connectivity index (χ0n) is 7.47. The lowest BCUT2D eigenvalue weighted by Gasteiger charge is -2.02. The van der Waals surface area contributed by atoms with E-state index in [0.29, 0.717) is 11.7 Å². The highest BCUT2D eigenvalue weighted by Gasteiger charge is 2.15. The number of H-pyrrole nitrogens is 1. The molecule has 2 heterocycles. The average Bonchev–Trinajstić information content (AvgIpc) is 2.88. The zero-order chi connectivity index (χ0) is 9.97. The van der Waals surface area contributed by atoms with Gasteiger partial charge in [-0.1, -0.05) is 0 Å². The van der Waals surface area contributed by atoms with Crippen LogP contribution in [0.4, 0.5) is 0 Å². The van der Waals surface area contributed by atoms with Crippen LogP contribution in [0.5, 0.6) is 5.88 Å². The summed E-state index contributed by atoms with van der Waals surface area (Å²) in [6.07, 6.45) is 1.42. The van der Waals surface area contributed by atoms with Gasteiger partial charge in [0.2, 0.25) is 5.88 Å². The number of nitrogens with one attached hydrogen (secondary N) is 1. The minimum absolute atomic E-state index is 0.320. The van der Waals surface area contributed by atoms with Crippen molar-refractivity contribution < 1.29 is 4.74 Å². The van der Waals surface area contributed by atoms with E-state index in [-0.39, 0.29) is 6.04 Å². The molecule has 2 aromatic rings. The van der Waals surface area contributed by atoms with Gasteiger partial charge < -0.3 is 10.5 Å². The van der Waals surface area contributed by atoms with Crippen molar-refractivity contribution in [1.82, 2.24) is 19.6 Å². The topological polar surface area (TPSA) is 89.7 Å². The Kier molecular flexibility index (Phi) is 2.42. The number of methoxy groups -OCH3 is 1. The van der Waals surface area contributed by atoms with Crippen LogP contribution in [-0.2, 0) is 0 Å². The monoisotopic (exact) mass is 211 g/mol. The molecule has 0 aliphatic rings. The highest BCUT2D eigenvalue weighted by Crippen LogP contribution is 2.24. The Balaban J connectivity index is 2.23. The summed E-state index contributed by atoms with van der Waals surface area (Å²) in [5.41, 5.74) is 5.91. The number of ether oxygens (including phenoxy) is 1. The van der Waals surface area contributed by atoms with E-state index < -0.39 is 0 Å². The molecule has 0 saturated heterocycles. The van der Waals surface area contributed by atoms with Gasteiger partial charge >= 0.3 is 0 Å². The van der Waals surface area contributed by atoms with Crippen LogP contribution in [0.1, 0.15) is 16.7 Å². The fourth-order valence-electron chi connectivity index (χ4n) is 1.01. The summed E-state index contributed by atoms with van der Waals surface area (Å²) in [4.78, 5) is 4.86. The molecule has 0 saturated carbocycles. The van der Waals surface area contributed by atoms with Crippen molar-refractivity contribution >= 4 is 11.5 Å². The Morgan fingerprint density at radius 3 is 3.07 bits per heavy atom. The van der Waals surface area contributed by atoms with Gasteiger partial charge in [0.15, 0.2) is 0 Å². The first kappa shape index (κ1) is 9.10. The van der Waals surface area contributed by atoms with Crippen LogP contribution in [0.3, 0.4) is 0 Å². The highest BCUT2D eigenvalue weighted by molar-refractivity contribution is 7.06. The molecule has 0 aromatic carbocycles. The summed E-state index contributed by atoms with van der Waals surface area (Å²) < 4.78 is 9.00. The SMILES string of the molecule is COc1cc(C(N)c2ncn[nH]2)sn1. The van der Waals surface area contributed by atoms with E-state index in [2.05, 4.69) is 19.6 Å². The quantitative estimate of drug-likeness (QED) is 0.763. The lowest BCUT2D eigenvalue weighted by atomic mass is 10.2. The molecule has 1 atom stereocenters. The molecule has 7 heteroatoms. The third-order valence-electron chi connectivity index (χ3n) is 1.75. The number of nitrogens with two attached hydrogens (primary N) is 1. The van der Waals surface area contributed by atoms with Gasteiger partial charge in [0.05, 0.1) is 12.0 Å². The molecule has 14 heavy (non-hydrogen) atoms. The second-order valence-corrected chi connectivity index (χ2v) is 3.46. The molecule has 0 fully saturated rings. The molecule has 0 aliphatic carbocycles. The molecule has 74 valence electrons. The first-order valence-electron chi connectivity index (χ1n) is 3.92. The predicted octanol–water partition coefficient (Wildman–Crippen LogP) is 0.318. The normalized spacial score (nSPS) is 12.7. The molecule has 0 bridgehead atoms. The van der Waals surface area contributed by atoms with Crippen molar-refractivity contribution in [2.24, 2.45) is 5.73 Å². The minimum atomic E-state index is -0.320. The van der Waals surface area contributed by atoms with Gasteiger partial charge in [0, 0.05) is 6.07 Å². The fourth-order valence-corrected chi connectivity index (χ4v) is 1.72. The van der Waals surface area contributed by atoms with Crippen LogP contribution >= 0.6 is 11.5 Å². The van der Waals surface area contributed by atoms with Gasteiger partial charge in [-0.3, -0.25) is 5.10 Å². The fraction of sp³-hybridized carbons (Fsp3) is 0.286. The van der Waals surface area contributed by atoms with Gasteiger partial charge in [-0.2, -0.15) is 9.47 Å². The predicted molar refractivity (Wildman–Crippen MR) is 51.1 cm³/mol. The first-order chi connectivity index (χ1) is 6.81. The standard InChI is InChI=1S/C7H9N5OS/c1-13-5-2-4(14-12-5)6(8)7-9-3-10-11-7/h2-3,6H,8H2,1H3,(H,9,10,11). The Bertz CT molecular complexity index is 398. The van der Waals surface area contributed by atoms with E-state index in [1.54, 1.807) is 13.2 Å². The Morgan fingerprint density at radius 2 is 2.50 bits per heavy atom. The van der Waals surface area contributed by atoms with Crippen molar-refractivity contribution in [1.29, 1.82) is 0 Å². The minimum Gasteiger partial charge on any atom is -0.480 e. The van der Waals surface area contributed by atoms with Gasteiger partial charge in [-0.15, -0.1) is 0 Å². The third kappa shape index (κ3) is 1.59. The number of hydrogen-bond acceptors (Lipinski definition) is 6. The van der Waals surface area contributed by atoms with Gasteiger partial charge in [-0.25, -0.2) is 4.98 Å². The van der Waals surface area contributed by atoms with Crippen molar-refractivity contribution in [3.05, 3.63) is 23.1 Å². The van der Waals surface area contributed by atoms with Crippen LogP contribution in [0.2, 0.25) is 0 Å². The number of rotatable bonds is 3. The van der Waals surface area contributed by atoms with Crippen LogP contribution in [0.25, 0.3) is 0 Å². The molecule has 0 spiro atoms. The van der Waals surface area contributed by atoms with E-state index in [9.17, 15) is 0 Å². The molecule has 2 rings (SSSR count). The number of aromatic nitrogens is 4. The van der Waals surface area contributed by atoms with Crippen molar-refractivity contribution in [2.45, 2.75) is 6.04 Å². The van der Waals surface area contributed by atoms with Crippen LogP contribution in [0, 0.1) is 0 Å². The summed E-state index contributed by atoms with van der Waals surface area (Å²) >= 11 is 1.29. The summed E-state index contributed by atoms with van der Waals surface area (Å²) in [5, 5.41) is 6.45. The molecule has 2 aromatic heterocycles. The number of nitrogens with zero attached hydrogens (tertiary/aromatic N) is 3. The van der Waals surface area contributed by atoms with Crippen molar-refractivity contribution in [3.63, 3.8) is 0 Å². The van der Waals surface area contributed by atoms with Crippen LogP contribution < -0.4 is 10.5 Å². The van der Waals surface area contributed by atoms with Gasteiger partial charge in [-0.05, 0) is 11.5 Å². The lowest BCUT2D eigenvalue weighted by Crippen LogP contribution is -2.11. The van der Waals surface area contributed by atoms with Crippen LogP contribution in [0.15, 0.2) is 12.4 Å². The maximum absolute atomic E-state index is 5.91. The average molecular weight is 211 g/mol. The second-order valence-electron chi connectivity index (χ2n) is 2.62. The summed E-state index contributed by atoms with van der Waals surface area (Å²) in [5.74, 6) is 1.19. The van der Waals surface area contributed by atoms with Gasteiger partial charge in [0.1, 0.15) is 18.2 Å². The summed E-state index contributed by atoms with van der Waals surface area (Å²) in [6.45, 7) is 0. The van der Waals surface area contributed by atoms with Crippen molar-refractivity contribution in [3.8, 4) is 5.88 Å². The van der Waals surface area contributed by atoms with Crippen molar-refractivity contribution in [2.75, 3.05) is 7.11 Å². The zero-order valence-corrected chi connectivity index (χ0v) is 8.28.